The number of likely N-dealkylation sites (N-methyl/N-ethyl adjacent to an activating group) is 1. The summed E-state index contributed by atoms with van der Waals surface area (Å²) >= 11 is 1.33. The quantitative estimate of drug-likeness (QED) is 0.723. The van der Waals surface area contributed by atoms with Crippen molar-refractivity contribution in [3.05, 3.63) is 65.6 Å². The molecule has 142 valence electrons. The first-order valence-corrected chi connectivity index (χ1v) is 10.8. The van der Waals surface area contributed by atoms with Crippen LogP contribution in [0.3, 0.4) is 0 Å². The maximum Gasteiger partial charge on any atom is 0.264 e. The largest absolute Gasteiger partial charge is 0.346 e. The lowest BCUT2D eigenvalue weighted by Gasteiger charge is -2.20. The summed E-state index contributed by atoms with van der Waals surface area (Å²) in [6.45, 7) is 1.83. The summed E-state index contributed by atoms with van der Waals surface area (Å²) in [5.74, 6) is 0. The van der Waals surface area contributed by atoms with E-state index in [-0.39, 0.29) is 4.91 Å². The number of rotatable bonds is 6. The second-order valence-corrected chi connectivity index (χ2v) is 9.09. The molecule has 0 amide bonds. The normalized spacial score (nSPS) is 16.3. The van der Waals surface area contributed by atoms with Crippen LogP contribution in [0.5, 0.6) is 0 Å². The lowest BCUT2D eigenvalue weighted by Crippen LogP contribution is -2.21. The minimum atomic E-state index is -3.69. The summed E-state index contributed by atoms with van der Waals surface area (Å²) in [6, 6.07) is 7.63. The molecule has 0 saturated heterocycles. The molecule has 27 heavy (non-hydrogen) atoms. The summed E-state index contributed by atoms with van der Waals surface area (Å²) in [6.07, 6.45) is 8.87. The number of fused-ring (bicyclic) bond motifs is 2. The standard InChI is InChI=1S/C18H21N5O2S2/c1-21(2)10-11-22-9-7-14-12-15(5-6-16(14)22)20-27(24,25)18-4-3-8-23-17(18)13-19-26-23/h3-9,12-13,19-20H,10-11H2,1-2H3. The topological polar surface area (TPSA) is 69.6 Å². The van der Waals surface area contributed by atoms with E-state index < -0.39 is 10.0 Å². The zero-order valence-corrected chi connectivity index (χ0v) is 16.7. The Bertz CT molecular complexity index is 1070. The van der Waals surface area contributed by atoms with Crippen LogP contribution in [0, 0.1) is 0 Å². The highest BCUT2D eigenvalue weighted by Crippen LogP contribution is 2.34. The molecule has 2 N–H and O–H groups in total. The molecule has 1 aromatic carbocycles. The van der Waals surface area contributed by atoms with Crippen molar-refractivity contribution in [3.8, 4) is 0 Å². The van der Waals surface area contributed by atoms with Crippen molar-refractivity contribution in [1.82, 2.24) is 18.5 Å². The molecule has 2 aliphatic heterocycles. The molecule has 0 saturated carbocycles. The molecule has 7 nitrogen and oxygen atoms in total. The molecule has 3 heterocycles. The van der Waals surface area contributed by atoms with E-state index in [0.29, 0.717) is 11.4 Å². The molecule has 0 atom stereocenters. The van der Waals surface area contributed by atoms with Gasteiger partial charge in [-0.05, 0) is 50.5 Å². The molecule has 0 spiro atoms. The molecule has 0 unspecified atom stereocenters. The maximum absolute atomic E-state index is 12.9. The van der Waals surface area contributed by atoms with Gasteiger partial charge in [-0.15, -0.1) is 0 Å². The highest BCUT2D eigenvalue weighted by atomic mass is 32.2. The Kier molecular flexibility index (Phi) is 4.67. The van der Waals surface area contributed by atoms with Gasteiger partial charge in [-0.25, -0.2) is 8.42 Å². The first-order chi connectivity index (χ1) is 12.9. The Morgan fingerprint density at radius 1 is 1.26 bits per heavy atom. The summed E-state index contributed by atoms with van der Waals surface area (Å²) in [5, 5.41) is 1.01. The molecule has 0 radical (unpaired) electrons. The van der Waals surface area contributed by atoms with Gasteiger partial charge in [0.25, 0.3) is 10.0 Å². The van der Waals surface area contributed by atoms with E-state index >= 15 is 0 Å². The zero-order chi connectivity index (χ0) is 19.0. The molecule has 2 aromatic rings. The van der Waals surface area contributed by atoms with E-state index in [1.165, 1.54) is 12.1 Å². The van der Waals surface area contributed by atoms with E-state index in [1.807, 2.05) is 44.7 Å². The molecular formula is C18H21N5O2S2. The third-order valence-electron chi connectivity index (χ3n) is 4.41. The van der Waals surface area contributed by atoms with E-state index in [2.05, 4.69) is 18.9 Å². The van der Waals surface area contributed by atoms with E-state index in [1.54, 1.807) is 28.7 Å². The van der Waals surface area contributed by atoms with Crippen LogP contribution in [0.4, 0.5) is 5.69 Å². The SMILES string of the molecule is CN(C)CCn1ccc2cc(NS(=O)(=O)C3=CC=CN4SNC=C34)ccc21. The average molecular weight is 404 g/mol. The number of sulfonamides is 1. The zero-order valence-electron chi connectivity index (χ0n) is 15.1. The third kappa shape index (κ3) is 3.58. The first kappa shape index (κ1) is 18.0. The third-order valence-corrected chi connectivity index (χ3v) is 6.57. The molecule has 1 aromatic heterocycles. The summed E-state index contributed by atoms with van der Waals surface area (Å²) in [5.41, 5.74) is 2.25. The van der Waals surface area contributed by atoms with Crippen LogP contribution in [0.1, 0.15) is 0 Å². The second-order valence-electron chi connectivity index (χ2n) is 6.63. The predicted molar refractivity (Wildman–Crippen MR) is 111 cm³/mol. The Hall–Kier alpha value is -2.36. The fourth-order valence-corrected chi connectivity index (χ4v) is 4.99. The van der Waals surface area contributed by atoms with Crippen molar-refractivity contribution in [2.24, 2.45) is 0 Å². The number of anilines is 1. The molecule has 2 aliphatic rings. The van der Waals surface area contributed by atoms with Crippen molar-refractivity contribution in [3.63, 3.8) is 0 Å². The maximum atomic E-state index is 12.9. The van der Waals surface area contributed by atoms with Crippen LogP contribution in [0.15, 0.2) is 65.6 Å². The predicted octanol–water partition coefficient (Wildman–Crippen LogP) is 2.67. The van der Waals surface area contributed by atoms with Gasteiger partial charge in [0.2, 0.25) is 0 Å². The first-order valence-electron chi connectivity index (χ1n) is 8.51. The van der Waals surface area contributed by atoms with Crippen LogP contribution >= 0.6 is 12.1 Å². The van der Waals surface area contributed by atoms with Gasteiger partial charge in [0.15, 0.2) is 0 Å². The van der Waals surface area contributed by atoms with Gasteiger partial charge in [0, 0.05) is 48.3 Å². The fourth-order valence-electron chi connectivity index (χ4n) is 3.04. The van der Waals surface area contributed by atoms with Crippen LogP contribution in [0.25, 0.3) is 10.9 Å². The highest BCUT2D eigenvalue weighted by molar-refractivity contribution is 7.97. The summed E-state index contributed by atoms with van der Waals surface area (Å²) in [4.78, 5) is 2.38. The molecule has 0 fully saturated rings. The van der Waals surface area contributed by atoms with E-state index in [4.69, 9.17) is 0 Å². The molecule has 9 heteroatoms. The number of allylic oxidation sites excluding steroid dienone is 2. The highest BCUT2D eigenvalue weighted by Gasteiger charge is 2.29. The minimum Gasteiger partial charge on any atom is -0.346 e. The van der Waals surface area contributed by atoms with Gasteiger partial charge >= 0.3 is 0 Å². The van der Waals surface area contributed by atoms with Crippen molar-refractivity contribution in [2.45, 2.75) is 6.54 Å². The van der Waals surface area contributed by atoms with Gasteiger partial charge in [0.05, 0.1) is 17.8 Å². The Balaban J connectivity index is 1.58. The molecule has 0 aliphatic carbocycles. The van der Waals surface area contributed by atoms with Crippen LogP contribution in [0.2, 0.25) is 0 Å². The molecule has 4 rings (SSSR count). The number of aromatic nitrogens is 1. The van der Waals surface area contributed by atoms with Crippen LogP contribution in [-0.2, 0) is 16.6 Å². The van der Waals surface area contributed by atoms with Gasteiger partial charge in [-0.3, -0.25) is 9.03 Å². The Labute approximate surface area is 163 Å². The number of benzene rings is 1. The molecule has 0 bridgehead atoms. The summed E-state index contributed by atoms with van der Waals surface area (Å²) < 4.78 is 35.4. The van der Waals surface area contributed by atoms with Gasteiger partial charge in [-0.1, -0.05) is 0 Å². The lowest BCUT2D eigenvalue weighted by molar-refractivity contribution is 0.387. The Morgan fingerprint density at radius 3 is 2.93 bits per heavy atom. The smallest absolute Gasteiger partial charge is 0.264 e. The average Bonchev–Trinajstić information content (AvgIpc) is 3.25. The van der Waals surface area contributed by atoms with Crippen LogP contribution < -0.4 is 9.44 Å². The lowest BCUT2D eigenvalue weighted by atomic mass is 10.2. The monoisotopic (exact) mass is 403 g/mol. The molecular weight excluding hydrogens is 382 g/mol. The summed E-state index contributed by atoms with van der Waals surface area (Å²) in [7, 11) is 0.398. The second kappa shape index (κ2) is 6.99. The Morgan fingerprint density at radius 2 is 2.11 bits per heavy atom. The van der Waals surface area contributed by atoms with Crippen molar-refractivity contribution < 1.29 is 8.42 Å². The van der Waals surface area contributed by atoms with Gasteiger partial charge in [0.1, 0.15) is 4.91 Å². The number of hydrogen-bond acceptors (Lipinski definition) is 6. The van der Waals surface area contributed by atoms with Crippen molar-refractivity contribution >= 4 is 38.7 Å². The number of nitrogens with zero attached hydrogens (tertiary/aromatic N) is 3. The van der Waals surface area contributed by atoms with Gasteiger partial charge < -0.3 is 14.2 Å². The van der Waals surface area contributed by atoms with E-state index in [0.717, 1.165) is 24.0 Å². The minimum absolute atomic E-state index is 0.242. The fraction of sp³-hybridized carbons (Fsp3) is 0.222. The van der Waals surface area contributed by atoms with Crippen molar-refractivity contribution in [1.29, 1.82) is 0 Å². The van der Waals surface area contributed by atoms with Gasteiger partial charge in [-0.2, -0.15) is 0 Å². The number of hydrogen-bond donors (Lipinski definition) is 2. The van der Waals surface area contributed by atoms with Crippen LogP contribution in [-0.4, -0.2) is 42.8 Å². The van der Waals surface area contributed by atoms with Crippen molar-refractivity contribution in [2.75, 3.05) is 25.4 Å². The number of nitrogens with one attached hydrogen (secondary N) is 2. The van der Waals surface area contributed by atoms with E-state index in [9.17, 15) is 8.42 Å².